The van der Waals surface area contributed by atoms with E-state index in [9.17, 15) is 4.79 Å². The summed E-state index contributed by atoms with van der Waals surface area (Å²) in [5, 5.41) is 3.53. The Hall–Kier alpha value is -0.850. The molecule has 1 amide bonds. The van der Waals surface area contributed by atoms with Gasteiger partial charge >= 0.3 is 6.09 Å². The summed E-state index contributed by atoms with van der Waals surface area (Å²) in [6, 6.07) is 0.420. The molecule has 136 valence electrons. The second kappa shape index (κ2) is 9.45. The largest absolute Gasteiger partial charge is 0.444 e. The van der Waals surface area contributed by atoms with Crippen molar-refractivity contribution in [2.75, 3.05) is 46.9 Å². The molecule has 0 aromatic heterocycles. The number of carbonyl (C=O) groups is 1. The molecule has 6 nitrogen and oxygen atoms in total. The van der Waals surface area contributed by atoms with E-state index in [2.05, 4.69) is 31.2 Å². The predicted molar refractivity (Wildman–Crippen MR) is 92.8 cm³/mol. The molecule has 1 fully saturated rings. The Kier molecular flexibility index (Phi) is 8.29. The molecule has 1 rings (SSSR count). The Morgan fingerprint density at radius 2 is 2.13 bits per heavy atom. The maximum atomic E-state index is 12.4. The van der Waals surface area contributed by atoms with Crippen LogP contribution in [0, 0.1) is 0 Å². The van der Waals surface area contributed by atoms with Crippen LogP contribution >= 0.6 is 0 Å². The lowest BCUT2D eigenvalue weighted by atomic mass is 10.1. The first-order chi connectivity index (χ1) is 10.7. The van der Waals surface area contributed by atoms with Gasteiger partial charge in [0.1, 0.15) is 5.60 Å². The lowest BCUT2D eigenvalue weighted by molar-refractivity contribution is -0.0355. The first-order valence-electron chi connectivity index (χ1n) is 8.64. The van der Waals surface area contributed by atoms with Crippen molar-refractivity contribution in [1.29, 1.82) is 0 Å². The number of nitrogens with zero attached hydrogens (tertiary/aromatic N) is 2. The minimum Gasteiger partial charge on any atom is -0.444 e. The number of nitrogens with one attached hydrogen (secondary N) is 1. The molecule has 2 unspecified atom stereocenters. The summed E-state index contributed by atoms with van der Waals surface area (Å²) in [5.41, 5.74) is -0.462. The van der Waals surface area contributed by atoms with Crippen molar-refractivity contribution in [2.24, 2.45) is 0 Å². The first-order valence-corrected chi connectivity index (χ1v) is 8.64. The number of rotatable bonds is 7. The van der Waals surface area contributed by atoms with E-state index < -0.39 is 5.60 Å². The predicted octanol–water partition coefficient (Wildman–Crippen LogP) is 1.94. The van der Waals surface area contributed by atoms with Crippen LogP contribution in [-0.4, -0.2) is 80.5 Å². The SMILES string of the molecule is CC(CC1COCCN1C(=O)OC(C)(C)C)NCCCN(C)C. The fourth-order valence-corrected chi connectivity index (χ4v) is 2.65. The van der Waals surface area contributed by atoms with Crippen LogP contribution in [0.2, 0.25) is 0 Å². The first kappa shape index (κ1) is 20.2. The van der Waals surface area contributed by atoms with Crippen molar-refractivity contribution in [3.05, 3.63) is 0 Å². The summed E-state index contributed by atoms with van der Waals surface area (Å²) in [4.78, 5) is 16.4. The van der Waals surface area contributed by atoms with Crippen molar-refractivity contribution < 1.29 is 14.3 Å². The zero-order valence-corrected chi connectivity index (χ0v) is 15.7. The number of ether oxygens (including phenoxy) is 2. The molecule has 0 aromatic rings. The van der Waals surface area contributed by atoms with E-state index >= 15 is 0 Å². The highest BCUT2D eigenvalue weighted by atomic mass is 16.6. The quantitative estimate of drug-likeness (QED) is 0.724. The average Bonchev–Trinajstić information content (AvgIpc) is 2.42. The molecule has 0 spiro atoms. The van der Waals surface area contributed by atoms with Gasteiger partial charge in [-0.25, -0.2) is 4.79 Å². The number of hydrogen-bond donors (Lipinski definition) is 1. The Morgan fingerprint density at radius 1 is 1.43 bits per heavy atom. The molecule has 0 aromatic carbocycles. The van der Waals surface area contributed by atoms with Gasteiger partial charge in [-0.3, -0.25) is 0 Å². The summed E-state index contributed by atoms with van der Waals surface area (Å²) in [6.07, 6.45) is 1.76. The molecular weight excluding hydrogens is 294 g/mol. The van der Waals surface area contributed by atoms with Crippen LogP contribution < -0.4 is 5.32 Å². The van der Waals surface area contributed by atoms with E-state index in [0.29, 0.717) is 25.8 Å². The highest BCUT2D eigenvalue weighted by Crippen LogP contribution is 2.17. The third-order valence-corrected chi connectivity index (χ3v) is 3.76. The minimum absolute atomic E-state index is 0.0787. The topological polar surface area (TPSA) is 54.0 Å². The van der Waals surface area contributed by atoms with Crippen LogP contribution in [0.3, 0.4) is 0 Å². The third-order valence-electron chi connectivity index (χ3n) is 3.76. The summed E-state index contributed by atoms with van der Waals surface area (Å²) < 4.78 is 11.1. The summed E-state index contributed by atoms with van der Waals surface area (Å²) in [6.45, 7) is 11.7. The maximum absolute atomic E-state index is 12.4. The highest BCUT2D eigenvalue weighted by molar-refractivity contribution is 5.68. The van der Waals surface area contributed by atoms with Gasteiger partial charge in [-0.15, -0.1) is 0 Å². The van der Waals surface area contributed by atoms with Crippen molar-refractivity contribution in [3.8, 4) is 0 Å². The maximum Gasteiger partial charge on any atom is 0.410 e. The molecule has 1 aliphatic rings. The number of carbonyl (C=O) groups excluding carboxylic acids is 1. The Balaban J connectivity index is 2.43. The van der Waals surface area contributed by atoms with Gasteiger partial charge in [-0.05, 0) is 67.7 Å². The summed E-state index contributed by atoms with van der Waals surface area (Å²) in [7, 11) is 4.17. The molecule has 23 heavy (non-hydrogen) atoms. The van der Waals surface area contributed by atoms with E-state index in [4.69, 9.17) is 9.47 Å². The Bertz CT molecular complexity index is 355. The number of amides is 1. The van der Waals surface area contributed by atoms with E-state index in [1.165, 1.54) is 0 Å². The number of hydrogen-bond acceptors (Lipinski definition) is 5. The van der Waals surface area contributed by atoms with Gasteiger partial charge in [-0.1, -0.05) is 0 Å². The lowest BCUT2D eigenvalue weighted by Gasteiger charge is -2.37. The zero-order chi connectivity index (χ0) is 17.5. The third kappa shape index (κ3) is 8.53. The van der Waals surface area contributed by atoms with Crippen molar-refractivity contribution >= 4 is 6.09 Å². The Morgan fingerprint density at radius 3 is 2.74 bits per heavy atom. The molecule has 0 aliphatic carbocycles. The number of morpholine rings is 1. The molecule has 1 N–H and O–H groups in total. The van der Waals surface area contributed by atoms with E-state index in [1.54, 1.807) is 0 Å². The molecular formula is C17H35N3O3. The van der Waals surface area contributed by atoms with Gasteiger partial charge in [0.15, 0.2) is 0 Å². The fraction of sp³-hybridized carbons (Fsp3) is 0.941. The highest BCUT2D eigenvalue weighted by Gasteiger charge is 2.31. The van der Waals surface area contributed by atoms with E-state index in [-0.39, 0.29) is 12.1 Å². The average molecular weight is 329 g/mol. The molecule has 1 heterocycles. The zero-order valence-electron chi connectivity index (χ0n) is 15.7. The fourth-order valence-electron chi connectivity index (χ4n) is 2.65. The summed E-state index contributed by atoms with van der Waals surface area (Å²) in [5.74, 6) is 0. The van der Waals surface area contributed by atoms with Gasteiger partial charge in [0.05, 0.1) is 19.3 Å². The standard InChI is InChI=1S/C17H35N3O3/c1-14(18-8-7-9-19(5)6)12-15-13-22-11-10-20(15)16(21)23-17(2,3)4/h14-15,18H,7-13H2,1-6H3. The summed E-state index contributed by atoms with van der Waals surface area (Å²) >= 11 is 0. The Labute approximate surface area is 141 Å². The van der Waals surface area contributed by atoms with Crippen LogP contribution in [0.5, 0.6) is 0 Å². The van der Waals surface area contributed by atoms with Crippen LogP contribution in [0.1, 0.15) is 40.5 Å². The molecule has 1 aliphatic heterocycles. The van der Waals surface area contributed by atoms with Gasteiger partial charge in [0, 0.05) is 12.6 Å². The molecule has 0 saturated carbocycles. The van der Waals surface area contributed by atoms with E-state index in [1.807, 2.05) is 25.7 Å². The molecule has 0 bridgehead atoms. The van der Waals surface area contributed by atoms with Crippen molar-refractivity contribution in [1.82, 2.24) is 15.1 Å². The normalized spacial score (nSPS) is 20.7. The monoisotopic (exact) mass is 329 g/mol. The smallest absolute Gasteiger partial charge is 0.410 e. The minimum atomic E-state index is -0.462. The van der Waals surface area contributed by atoms with Crippen molar-refractivity contribution in [2.45, 2.75) is 58.2 Å². The van der Waals surface area contributed by atoms with Crippen molar-refractivity contribution in [3.63, 3.8) is 0 Å². The molecule has 2 atom stereocenters. The van der Waals surface area contributed by atoms with Crippen LogP contribution in [0.15, 0.2) is 0 Å². The molecule has 6 heteroatoms. The molecule has 1 saturated heterocycles. The second-order valence-electron chi connectivity index (χ2n) is 7.65. The van der Waals surface area contributed by atoms with Crippen LogP contribution in [0.25, 0.3) is 0 Å². The van der Waals surface area contributed by atoms with E-state index in [0.717, 1.165) is 25.9 Å². The molecule has 0 radical (unpaired) electrons. The van der Waals surface area contributed by atoms with Gasteiger partial charge in [0.25, 0.3) is 0 Å². The second-order valence-corrected chi connectivity index (χ2v) is 7.65. The lowest BCUT2D eigenvalue weighted by Crippen LogP contribution is -2.52. The van der Waals surface area contributed by atoms with Gasteiger partial charge in [-0.2, -0.15) is 0 Å². The van der Waals surface area contributed by atoms with Crippen LogP contribution in [-0.2, 0) is 9.47 Å². The van der Waals surface area contributed by atoms with Gasteiger partial charge in [0.2, 0.25) is 0 Å². The van der Waals surface area contributed by atoms with Crippen LogP contribution in [0.4, 0.5) is 4.79 Å². The van der Waals surface area contributed by atoms with Gasteiger partial charge < -0.3 is 24.6 Å².